The average molecular weight is 213 g/mol. The molecular weight excluding hydrogens is 200 g/mol. The molecule has 0 radical (unpaired) electrons. The van der Waals surface area contributed by atoms with Gasteiger partial charge in [-0.1, -0.05) is 13.0 Å². The van der Waals surface area contributed by atoms with Crippen LogP contribution in [-0.2, 0) is 0 Å². The fourth-order valence-electron chi connectivity index (χ4n) is 1.91. The summed E-state index contributed by atoms with van der Waals surface area (Å²) in [5, 5.41) is 3.18. The van der Waals surface area contributed by atoms with Crippen LogP contribution >= 0.6 is 0 Å². The van der Waals surface area contributed by atoms with Gasteiger partial charge in [0.15, 0.2) is 11.6 Å². The number of ether oxygens (including phenoxy) is 1. The number of fused-ring (bicyclic) bond motifs is 1. The van der Waals surface area contributed by atoms with Crippen molar-refractivity contribution in [3.63, 3.8) is 0 Å². The highest BCUT2D eigenvalue weighted by Crippen LogP contribution is 2.39. The van der Waals surface area contributed by atoms with E-state index in [-0.39, 0.29) is 17.9 Å². The molecule has 0 saturated heterocycles. The van der Waals surface area contributed by atoms with Crippen molar-refractivity contribution in [1.82, 2.24) is 5.32 Å². The van der Waals surface area contributed by atoms with Crippen LogP contribution in [0, 0.1) is 11.6 Å². The monoisotopic (exact) mass is 213 g/mol. The Morgan fingerprint density at radius 3 is 2.80 bits per heavy atom. The Balaban J connectivity index is 2.42. The predicted octanol–water partition coefficient (Wildman–Crippen LogP) is 2.40. The summed E-state index contributed by atoms with van der Waals surface area (Å²) in [7, 11) is 0. The zero-order valence-electron chi connectivity index (χ0n) is 8.68. The molecule has 1 heterocycles. The molecule has 0 fully saturated rings. The van der Waals surface area contributed by atoms with Gasteiger partial charge >= 0.3 is 0 Å². The smallest absolute Gasteiger partial charge is 0.200 e. The topological polar surface area (TPSA) is 21.3 Å². The summed E-state index contributed by atoms with van der Waals surface area (Å²) < 4.78 is 31.6. The summed E-state index contributed by atoms with van der Waals surface area (Å²) in [6.45, 7) is 4.56. The highest BCUT2D eigenvalue weighted by Gasteiger charge is 2.33. The third kappa shape index (κ3) is 1.59. The molecule has 2 rings (SSSR count). The SMILES string of the molecule is CCNC1c2ccc(F)c(F)c2OC1C. The number of rotatable bonds is 2. The van der Waals surface area contributed by atoms with Crippen LogP contribution in [0.4, 0.5) is 8.78 Å². The van der Waals surface area contributed by atoms with Crippen LogP contribution < -0.4 is 10.1 Å². The van der Waals surface area contributed by atoms with Crippen molar-refractivity contribution in [2.45, 2.75) is 26.0 Å². The molecule has 0 aromatic heterocycles. The van der Waals surface area contributed by atoms with Crippen molar-refractivity contribution in [3.05, 3.63) is 29.3 Å². The second kappa shape index (κ2) is 3.77. The number of likely N-dealkylation sites (N-methyl/N-ethyl adjacent to an activating group) is 1. The van der Waals surface area contributed by atoms with E-state index in [9.17, 15) is 8.78 Å². The molecule has 1 aromatic rings. The minimum absolute atomic E-state index is 0.0495. The Hall–Kier alpha value is -1.16. The Kier molecular flexibility index (Phi) is 2.61. The van der Waals surface area contributed by atoms with Crippen LogP contribution in [0.2, 0.25) is 0 Å². The van der Waals surface area contributed by atoms with Crippen molar-refractivity contribution < 1.29 is 13.5 Å². The fourth-order valence-corrected chi connectivity index (χ4v) is 1.91. The Labute approximate surface area is 87.2 Å². The highest BCUT2D eigenvalue weighted by atomic mass is 19.2. The van der Waals surface area contributed by atoms with Gasteiger partial charge in [0.25, 0.3) is 0 Å². The van der Waals surface area contributed by atoms with Gasteiger partial charge < -0.3 is 10.1 Å². The number of hydrogen-bond acceptors (Lipinski definition) is 2. The van der Waals surface area contributed by atoms with Crippen molar-refractivity contribution >= 4 is 0 Å². The van der Waals surface area contributed by atoms with Crippen molar-refractivity contribution in [1.29, 1.82) is 0 Å². The van der Waals surface area contributed by atoms with Gasteiger partial charge in [-0.15, -0.1) is 0 Å². The van der Waals surface area contributed by atoms with E-state index in [1.807, 2.05) is 13.8 Å². The van der Waals surface area contributed by atoms with Gasteiger partial charge in [0.05, 0.1) is 6.04 Å². The van der Waals surface area contributed by atoms with Gasteiger partial charge in [-0.25, -0.2) is 4.39 Å². The molecular formula is C11H13F2NO. The normalized spacial score (nSPS) is 23.7. The average Bonchev–Trinajstić information content (AvgIpc) is 2.52. The van der Waals surface area contributed by atoms with E-state index < -0.39 is 11.6 Å². The van der Waals surface area contributed by atoms with Crippen LogP contribution in [0.5, 0.6) is 5.75 Å². The summed E-state index contributed by atoms with van der Waals surface area (Å²) in [5.41, 5.74) is 0.697. The second-order valence-electron chi connectivity index (χ2n) is 3.64. The Morgan fingerprint density at radius 1 is 1.40 bits per heavy atom. The van der Waals surface area contributed by atoms with Gasteiger partial charge in [-0.2, -0.15) is 4.39 Å². The van der Waals surface area contributed by atoms with E-state index in [1.165, 1.54) is 0 Å². The lowest BCUT2D eigenvalue weighted by Crippen LogP contribution is -2.28. The first-order valence-electron chi connectivity index (χ1n) is 5.03. The molecule has 0 aliphatic carbocycles. The zero-order valence-corrected chi connectivity index (χ0v) is 8.68. The maximum absolute atomic E-state index is 13.4. The van der Waals surface area contributed by atoms with Crippen LogP contribution in [0.3, 0.4) is 0 Å². The maximum atomic E-state index is 13.4. The largest absolute Gasteiger partial charge is 0.485 e. The van der Waals surface area contributed by atoms with E-state index in [1.54, 1.807) is 6.07 Å². The third-order valence-electron chi connectivity index (χ3n) is 2.61. The van der Waals surface area contributed by atoms with Crippen LogP contribution in [0.15, 0.2) is 12.1 Å². The quantitative estimate of drug-likeness (QED) is 0.814. The molecule has 0 amide bonds. The summed E-state index contributed by atoms with van der Waals surface area (Å²) in [6.07, 6.45) is -0.170. The molecule has 15 heavy (non-hydrogen) atoms. The molecule has 1 aliphatic heterocycles. The van der Waals surface area contributed by atoms with E-state index >= 15 is 0 Å². The predicted molar refractivity (Wildman–Crippen MR) is 52.9 cm³/mol. The molecule has 4 heteroatoms. The van der Waals surface area contributed by atoms with Crippen molar-refractivity contribution in [3.8, 4) is 5.75 Å². The lowest BCUT2D eigenvalue weighted by molar-refractivity contribution is 0.203. The minimum atomic E-state index is -0.889. The summed E-state index contributed by atoms with van der Waals surface area (Å²) >= 11 is 0. The van der Waals surface area contributed by atoms with E-state index in [2.05, 4.69) is 5.32 Å². The molecule has 1 aliphatic rings. The molecule has 82 valence electrons. The standard InChI is InChI=1S/C11H13F2NO/c1-3-14-10-6(2)15-11-7(10)4-5-8(12)9(11)13/h4-6,10,14H,3H2,1-2H3. The van der Waals surface area contributed by atoms with Crippen LogP contribution in [0.1, 0.15) is 25.5 Å². The van der Waals surface area contributed by atoms with Crippen molar-refractivity contribution in [2.75, 3.05) is 6.54 Å². The van der Waals surface area contributed by atoms with Crippen molar-refractivity contribution in [2.24, 2.45) is 0 Å². The van der Waals surface area contributed by atoms with Gasteiger partial charge in [-0.3, -0.25) is 0 Å². The van der Waals surface area contributed by atoms with Crippen LogP contribution in [0.25, 0.3) is 0 Å². The number of hydrogen-bond donors (Lipinski definition) is 1. The molecule has 2 unspecified atom stereocenters. The third-order valence-corrected chi connectivity index (χ3v) is 2.61. The molecule has 0 spiro atoms. The van der Waals surface area contributed by atoms with E-state index in [0.717, 1.165) is 12.6 Å². The molecule has 1 aromatic carbocycles. The lowest BCUT2D eigenvalue weighted by Gasteiger charge is -2.14. The second-order valence-corrected chi connectivity index (χ2v) is 3.64. The first-order valence-corrected chi connectivity index (χ1v) is 5.03. The minimum Gasteiger partial charge on any atom is -0.485 e. The highest BCUT2D eigenvalue weighted by molar-refractivity contribution is 5.42. The molecule has 0 saturated carbocycles. The lowest BCUT2D eigenvalue weighted by atomic mass is 10.0. The summed E-state index contributed by atoms with van der Waals surface area (Å²) in [5.74, 6) is -1.70. The number of halogens is 2. The van der Waals surface area contributed by atoms with Gasteiger partial charge in [0.1, 0.15) is 6.10 Å². The van der Waals surface area contributed by atoms with Gasteiger partial charge in [-0.05, 0) is 19.5 Å². The van der Waals surface area contributed by atoms with Gasteiger partial charge in [0, 0.05) is 5.56 Å². The number of nitrogens with one attached hydrogen (secondary N) is 1. The van der Waals surface area contributed by atoms with Gasteiger partial charge in [0.2, 0.25) is 5.82 Å². The fraction of sp³-hybridized carbons (Fsp3) is 0.455. The maximum Gasteiger partial charge on any atom is 0.200 e. The molecule has 0 bridgehead atoms. The first-order chi connectivity index (χ1) is 7.15. The number of benzene rings is 1. The summed E-state index contributed by atoms with van der Waals surface area (Å²) in [6, 6.07) is 2.66. The Bertz CT molecular complexity index is 381. The first kappa shape index (κ1) is 10.4. The van der Waals surface area contributed by atoms with E-state index in [4.69, 9.17) is 4.74 Å². The zero-order chi connectivity index (χ0) is 11.0. The summed E-state index contributed by atoms with van der Waals surface area (Å²) in [4.78, 5) is 0. The Morgan fingerprint density at radius 2 is 2.13 bits per heavy atom. The van der Waals surface area contributed by atoms with E-state index in [0.29, 0.717) is 5.56 Å². The van der Waals surface area contributed by atoms with Crippen LogP contribution in [-0.4, -0.2) is 12.6 Å². The molecule has 2 atom stereocenters. The molecule has 1 N–H and O–H groups in total. The molecule has 2 nitrogen and oxygen atoms in total.